The molecule has 0 atom stereocenters. The number of ether oxygens (including phenoxy) is 2. The van der Waals surface area contributed by atoms with E-state index in [-0.39, 0.29) is 17.1 Å². The number of aromatic amines is 1. The monoisotopic (exact) mass is 480 g/mol. The van der Waals surface area contributed by atoms with Gasteiger partial charge in [-0.2, -0.15) is 0 Å². The highest BCUT2D eigenvalue weighted by Gasteiger charge is 2.16. The fourth-order valence-corrected chi connectivity index (χ4v) is 5.25. The number of H-pyrrole nitrogens is 1. The summed E-state index contributed by atoms with van der Waals surface area (Å²) in [6, 6.07) is 13.3. The third-order valence-corrected chi connectivity index (χ3v) is 7.10. The molecule has 2 aromatic carbocycles. The van der Waals surface area contributed by atoms with Crippen LogP contribution in [0.5, 0.6) is 11.5 Å². The van der Waals surface area contributed by atoms with Gasteiger partial charge in [-0.3, -0.25) is 9.59 Å². The number of thiophene rings is 1. The van der Waals surface area contributed by atoms with Gasteiger partial charge in [0.05, 0.1) is 25.4 Å². The average Bonchev–Trinajstić information content (AvgIpc) is 3.26. The molecule has 0 aliphatic heterocycles. The molecule has 6 nitrogen and oxygen atoms in total. The summed E-state index contributed by atoms with van der Waals surface area (Å²) in [6.45, 7) is 4.30. The average molecular weight is 481 g/mol. The van der Waals surface area contributed by atoms with Gasteiger partial charge >= 0.3 is 0 Å². The lowest BCUT2D eigenvalue weighted by atomic mass is 9.99. The molecule has 0 saturated heterocycles. The third-order valence-electron chi connectivity index (χ3n) is 5.36. The minimum Gasteiger partial charge on any atom is -0.493 e. The molecule has 2 heterocycles. The van der Waals surface area contributed by atoms with Gasteiger partial charge in [-0.05, 0) is 35.2 Å². The van der Waals surface area contributed by atoms with Crippen LogP contribution in [0.15, 0.2) is 57.8 Å². The van der Waals surface area contributed by atoms with Crippen LogP contribution in [0.4, 0.5) is 0 Å². The number of aromatic nitrogens is 2. The molecule has 4 aromatic rings. The molecule has 0 spiro atoms. The molecule has 4 rings (SSSR count). The van der Waals surface area contributed by atoms with E-state index in [0.717, 1.165) is 11.1 Å². The van der Waals surface area contributed by atoms with Crippen LogP contribution in [0.1, 0.15) is 35.7 Å². The molecule has 0 saturated carbocycles. The molecule has 170 valence electrons. The first-order valence-electron chi connectivity index (χ1n) is 10.4. The third kappa shape index (κ3) is 4.82. The molecule has 0 radical (unpaired) electrons. The van der Waals surface area contributed by atoms with Crippen LogP contribution in [0.3, 0.4) is 0 Å². The molecular weight excluding hydrogens is 456 g/mol. The van der Waals surface area contributed by atoms with Crippen molar-refractivity contribution in [1.82, 2.24) is 9.97 Å². The largest absolute Gasteiger partial charge is 0.493 e. The van der Waals surface area contributed by atoms with Crippen molar-refractivity contribution in [2.24, 2.45) is 0 Å². The molecule has 8 heteroatoms. The van der Waals surface area contributed by atoms with Gasteiger partial charge in [0, 0.05) is 16.5 Å². The van der Waals surface area contributed by atoms with E-state index in [1.165, 1.54) is 35.8 Å². The minimum atomic E-state index is -0.203. The molecule has 2 aromatic heterocycles. The van der Waals surface area contributed by atoms with Crippen LogP contribution in [-0.2, 0) is 0 Å². The lowest BCUT2D eigenvalue weighted by Gasteiger charge is -2.09. The van der Waals surface area contributed by atoms with Crippen LogP contribution < -0.4 is 15.0 Å². The quantitative estimate of drug-likeness (QED) is 0.196. The number of carbonyl (C=O) groups excluding carboxylic acids is 1. The highest BCUT2D eigenvalue weighted by Crippen LogP contribution is 2.33. The van der Waals surface area contributed by atoms with Gasteiger partial charge < -0.3 is 14.5 Å². The number of hydrogen-bond donors (Lipinski definition) is 1. The van der Waals surface area contributed by atoms with Gasteiger partial charge in [-0.1, -0.05) is 49.9 Å². The Hall–Kier alpha value is -3.10. The van der Waals surface area contributed by atoms with Crippen molar-refractivity contribution in [3.05, 3.63) is 69.3 Å². The number of thioether (sulfide) groups is 1. The summed E-state index contributed by atoms with van der Waals surface area (Å²) < 4.78 is 10.5. The number of ketones is 1. The number of nitrogens with zero attached hydrogens (tertiary/aromatic N) is 1. The summed E-state index contributed by atoms with van der Waals surface area (Å²) >= 11 is 2.63. The summed E-state index contributed by atoms with van der Waals surface area (Å²) in [5, 5.41) is 2.96. The van der Waals surface area contributed by atoms with Crippen molar-refractivity contribution in [3.63, 3.8) is 0 Å². The summed E-state index contributed by atoms with van der Waals surface area (Å²) in [5.74, 6) is 1.54. The number of carbonyl (C=O) groups is 1. The number of nitrogens with one attached hydrogen (secondary N) is 1. The van der Waals surface area contributed by atoms with Crippen LogP contribution >= 0.6 is 23.1 Å². The molecular formula is C25H24N2O4S2. The van der Waals surface area contributed by atoms with Gasteiger partial charge in [-0.25, -0.2) is 4.98 Å². The Morgan fingerprint density at radius 3 is 2.48 bits per heavy atom. The number of rotatable bonds is 8. The standard InChI is InChI=1S/C25H24N2O4S2/c1-14(2)15-5-7-16(8-6-15)18-12-32-24-22(18)23(29)26-25(27-24)33-13-19(28)17-9-10-20(30-3)21(11-17)31-4/h5-12,14H,13H2,1-4H3,(H,26,27,29). The van der Waals surface area contributed by atoms with Gasteiger partial charge in [0.1, 0.15) is 4.83 Å². The molecule has 0 amide bonds. The van der Waals surface area contributed by atoms with Crippen LogP contribution in [0, 0.1) is 0 Å². The number of hydrogen-bond acceptors (Lipinski definition) is 7. The Morgan fingerprint density at radius 2 is 1.82 bits per heavy atom. The predicted molar refractivity (Wildman–Crippen MR) is 134 cm³/mol. The Bertz CT molecular complexity index is 1360. The maximum Gasteiger partial charge on any atom is 0.260 e. The van der Waals surface area contributed by atoms with Crippen molar-refractivity contribution in [2.75, 3.05) is 20.0 Å². The van der Waals surface area contributed by atoms with Crippen LogP contribution in [0.2, 0.25) is 0 Å². The Balaban J connectivity index is 1.54. The zero-order chi connectivity index (χ0) is 23.5. The number of fused-ring (bicyclic) bond motifs is 1. The molecule has 0 unspecified atom stereocenters. The molecule has 0 bridgehead atoms. The Labute approximate surface area is 200 Å². The number of Topliss-reactive ketones (excluding diaryl/α,β-unsaturated/α-hetero) is 1. The predicted octanol–water partition coefficient (Wildman–Crippen LogP) is 5.77. The smallest absolute Gasteiger partial charge is 0.260 e. The van der Waals surface area contributed by atoms with E-state index in [2.05, 4.69) is 35.9 Å². The lowest BCUT2D eigenvalue weighted by Crippen LogP contribution is -2.10. The molecule has 0 aliphatic rings. The zero-order valence-corrected chi connectivity index (χ0v) is 20.4. The van der Waals surface area contributed by atoms with Gasteiger partial charge in [0.2, 0.25) is 0 Å². The summed E-state index contributed by atoms with van der Waals surface area (Å²) in [7, 11) is 3.07. The molecule has 1 N–H and O–H groups in total. The van der Waals surface area contributed by atoms with Crippen LogP contribution in [0.25, 0.3) is 21.3 Å². The molecule has 33 heavy (non-hydrogen) atoms. The summed E-state index contributed by atoms with van der Waals surface area (Å²) in [4.78, 5) is 33.6. The van der Waals surface area contributed by atoms with E-state index in [1.54, 1.807) is 25.3 Å². The molecule has 0 fully saturated rings. The van der Waals surface area contributed by atoms with Crippen molar-refractivity contribution in [1.29, 1.82) is 0 Å². The van der Waals surface area contributed by atoms with Crippen molar-refractivity contribution in [3.8, 4) is 22.6 Å². The van der Waals surface area contributed by atoms with Crippen molar-refractivity contribution < 1.29 is 14.3 Å². The summed E-state index contributed by atoms with van der Waals surface area (Å²) in [5.41, 5.74) is 3.42. The van der Waals surface area contributed by atoms with E-state index in [1.807, 2.05) is 17.5 Å². The number of methoxy groups -OCH3 is 2. The SMILES string of the molecule is COc1ccc(C(=O)CSc2nc3scc(-c4ccc(C(C)C)cc4)c3c(=O)[nH]2)cc1OC. The van der Waals surface area contributed by atoms with Gasteiger partial charge in [-0.15, -0.1) is 11.3 Å². The first kappa shape index (κ1) is 23.1. The van der Waals surface area contributed by atoms with E-state index in [4.69, 9.17) is 9.47 Å². The Morgan fingerprint density at radius 1 is 1.09 bits per heavy atom. The highest BCUT2D eigenvalue weighted by molar-refractivity contribution is 7.99. The van der Waals surface area contributed by atoms with Crippen molar-refractivity contribution >= 4 is 39.1 Å². The van der Waals surface area contributed by atoms with Gasteiger partial charge in [0.25, 0.3) is 5.56 Å². The van der Waals surface area contributed by atoms with E-state index >= 15 is 0 Å². The maximum atomic E-state index is 12.9. The van der Waals surface area contributed by atoms with E-state index in [9.17, 15) is 9.59 Å². The fraction of sp³-hybridized carbons (Fsp3) is 0.240. The number of benzene rings is 2. The second kappa shape index (κ2) is 9.80. The normalized spacial score (nSPS) is 11.2. The second-order valence-corrected chi connectivity index (χ2v) is 9.58. The van der Waals surface area contributed by atoms with Gasteiger partial charge in [0.15, 0.2) is 22.4 Å². The Kier molecular flexibility index (Phi) is 6.85. The van der Waals surface area contributed by atoms with Crippen LogP contribution in [-0.4, -0.2) is 35.7 Å². The highest BCUT2D eigenvalue weighted by atomic mass is 32.2. The minimum absolute atomic E-state index is 0.0965. The lowest BCUT2D eigenvalue weighted by molar-refractivity contribution is 0.102. The first-order chi connectivity index (χ1) is 15.9. The zero-order valence-electron chi connectivity index (χ0n) is 18.8. The van der Waals surface area contributed by atoms with E-state index < -0.39 is 0 Å². The fourth-order valence-electron chi connectivity index (χ4n) is 3.48. The molecule has 0 aliphatic carbocycles. The first-order valence-corrected chi connectivity index (χ1v) is 12.3. The van der Waals surface area contributed by atoms with Crippen molar-refractivity contribution in [2.45, 2.75) is 24.9 Å². The summed E-state index contributed by atoms with van der Waals surface area (Å²) in [6.07, 6.45) is 0. The maximum absolute atomic E-state index is 12.9. The topological polar surface area (TPSA) is 81.3 Å². The second-order valence-electron chi connectivity index (χ2n) is 7.76. The van der Waals surface area contributed by atoms with E-state index in [0.29, 0.717) is 38.4 Å².